The van der Waals surface area contributed by atoms with Crippen molar-refractivity contribution in [3.63, 3.8) is 0 Å². The van der Waals surface area contributed by atoms with Crippen molar-refractivity contribution in [1.82, 2.24) is 0 Å². The van der Waals surface area contributed by atoms with Crippen LogP contribution in [0.5, 0.6) is 0 Å². The van der Waals surface area contributed by atoms with Crippen molar-refractivity contribution in [3.05, 3.63) is 23.2 Å². The molecule has 1 atom stereocenters. The highest BCUT2D eigenvalue weighted by Gasteiger charge is 2.09. The highest BCUT2D eigenvalue weighted by molar-refractivity contribution is 6.33. The van der Waals surface area contributed by atoms with Gasteiger partial charge in [0, 0.05) is 26.2 Å². The van der Waals surface area contributed by atoms with Crippen molar-refractivity contribution < 1.29 is 4.79 Å². The first-order valence-electron chi connectivity index (χ1n) is 5.90. The number of anilines is 2. The fourth-order valence-corrected chi connectivity index (χ4v) is 1.91. The van der Waals surface area contributed by atoms with Gasteiger partial charge in [-0.3, -0.25) is 4.79 Å². The molecule has 0 bridgehead atoms. The molecular weight excluding hydrogens is 250 g/mol. The standard InChI is InChI=1S/C13H20ClN3O/c1-9(8-15)6-13(18)16-10-4-5-12(17(2)3)11(14)7-10/h4-5,7,9H,6,8,15H2,1-3H3,(H,16,18). The van der Waals surface area contributed by atoms with Gasteiger partial charge in [-0.25, -0.2) is 0 Å². The van der Waals surface area contributed by atoms with Crippen LogP contribution in [0.15, 0.2) is 18.2 Å². The molecule has 100 valence electrons. The maximum absolute atomic E-state index is 11.7. The molecule has 0 aromatic heterocycles. The number of halogens is 1. The van der Waals surface area contributed by atoms with Crippen molar-refractivity contribution in [1.29, 1.82) is 0 Å². The van der Waals surface area contributed by atoms with Gasteiger partial charge in [-0.2, -0.15) is 0 Å². The normalized spacial score (nSPS) is 12.1. The monoisotopic (exact) mass is 269 g/mol. The molecule has 0 fully saturated rings. The molecule has 1 aromatic carbocycles. The van der Waals surface area contributed by atoms with Crippen LogP contribution < -0.4 is 16.0 Å². The number of carbonyl (C=O) groups excluding carboxylic acids is 1. The van der Waals surface area contributed by atoms with Crippen LogP contribution in [0.1, 0.15) is 13.3 Å². The van der Waals surface area contributed by atoms with Crippen molar-refractivity contribution in [2.45, 2.75) is 13.3 Å². The van der Waals surface area contributed by atoms with Crippen LogP contribution >= 0.6 is 11.6 Å². The molecule has 0 aliphatic rings. The Morgan fingerprint density at radius 3 is 2.67 bits per heavy atom. The Morgan fingerprint density at radius 2 is 2.17 bits per heavy atom. The Labute approximate surface area is 113 Å². The zero-order valence-electron chi connectivity index (χ0n) is 11.0. The fraction of sp³-hybridized carbons (Fsp3) is 0.462. The molecule has 5 heteroatoms. The number of nitrogens with zero attached hydrogens (tertiary/aromatic N) is 1. The molecule has 1 rings (SSSR count). The van der Waals surface area contributed by atoms with Crippen LogP contribution in [-0.2, 0) is 4.79 Å². The summed E-state index contributed by atoms with van der Waals surface area (Å²) in [5, 5.41) is 3.43. The van der Waals surface area contributed by atoms with E-state index in [-0.39, 0.29) is 11.8 Å². The molecule has 0 saturated carbocycles. The summed E-state index contributed by atoms with van der Waals surface area (Å²) in [6.07, 6.45) is 0.420. The molecule has 1 amide bonds. The Bertz CT molecular complexity index is 421. The molecule has 3 N–H and O–H groups in total. The van der Waals surface area contributed by atoms with E-state index in [1.54, 1.807) is 6.07 Å². The fourth-order valence-electron chi connectivity index (χ4n) is 1.56. The number of hydrogen-bond acceptors (Lipinski definition) is 3. The third-order valence-corrected chi connectivity index (χ3v) is 2.95. The van der Waals surface area contributed by atoms with Crippen LogP contribution in [0.3, 0.4) is 0 Å². The predicted molar refractivity (Wildman–Crippen MR) is 77.2 cm³/mol. The largest absolute Gasteiger partial charge is 0.376 e. The van der Waals surface area contributed by atoms with Crippen LogP contribution in [0.4, 0.5) is 11.4 Å². The van der Waals surface area contributed by atoms with E-state index in [2.05, 4.69) is 5.32 Å². The third-order valence-electron chi connectivity index (χ3n) is 2.65. The first-order chi connectivity index (χ1) is 8.43. The summed E-state index contributed by atoms with van der Waals surface area (Å²) < 4.78 is 0. The second-order valence-corrected chi connectivity index (χ2v) is 5.06. The molecule has 0 saturated heterocycles. The van der Waals surface area contributed by atoms with Crippen LogP contribution in [-0.4, -0.2) is 26.5 Å². The van der Waals surface area contributed by atoms with Crippen molar-refractivity contribution in [2.75, 3.05) is 30.9 Å². The van der Waals surface area contributed by atoms with Gasteiger partial charge < -0.3 is 16.0 Å². The number of benzene rings is 1. The number of nitrogens with two attached hydrogens (primary N) is 1. The highest BCUT2D eigenvalue weighted by Crippen LogP contribution is 2.27. The number of carbonyl (C=O) groups is 1. The van der Waals surface area contributed by atoms with Gasteiger partial charge in [-0.05, 0) is 30.7 Å². The van der Waals surface area contributed by atoms with E-state index >= 15 is 0 Å². The van der Waals surface area contributed by atoms with Crippen LogP contribution in [0.25, 0.3) is 0 Å². The van der Waals surface area contributed by atoms with Gasteiger partial charge in [0.2, 0.25) is 5.91 Å². The van der Waals surface area contributed by atoms with E-state index in [0.717, 1.165) is 5.69 Å². The zero-order valence-corrected chi connectivity index (χ0v) is 11.8. The van der Waals surface area contributed by atoms with Gasteiger partial charge in [-0.15, -0.1) is 0 Å². The minimum atomic E-state index is -0.0402. The summed E-state index contributed by atoms with van der Waals surface area (Å²) in [5.74, 6) is 0.142. The Morgan fingerprint density at radius 1 is 1.50 bits per heavy atom. The lowest BCUT2D eigenvalue weighted by molar-refractivity contribution is -0.116. The molecule has 0 aliphatic heterocycles. The maximum Gasteiger partial charge on any atom is 0.224 e. The van der Waals surface area contributed by atoms with Crippen molar-refractivity contribution in [2.24, 2.45) is 11.7 Å². The lowest BCUT2D eigenvalue weighted by Crippen LogP contribution is -2.20. The van der Waals surface area contributed by atoms with E-state index in [9.17, 15) is 4.79 Å². The molecule has 0 aliphatic carbocycles. The second kappa shape index (κ2) is 6.61. The summed E-state index contributed by atoms with van der Waals surface area (Å²) in [7, 11) is 3.84. The minimum Gasteiger partial charge on any atom is -0.376 e. The highest BCUT2D eigenvalue weighted by atomic mass is 35.5. The van der Waals surface area contributed by atoms with Crippen molar-refractivity contribution in [3.8, 4) is 0 Å². The van der Waals surface area contributed by atoms with Gasteiger partial charge in [0.1, 0.15) is 0 Å². The molecule has 1 unspecified atom stereocenters. The first-order valence-corrected chi connectivity index (χ1v) is 6.28. The molecule has 0 heterocycles. The van der Waals surface area contributed by atoms with Crippen LogP contribution in [0.2, 0.25) is 5.02 Å². The number of amides is 1. The average molecular weight is 270 g/mol. The van der Waals surface area contributed by atoms with Gasteiger partial charge in [0.15, 0.2) is 0 Å². The smallest absolute Gasteiger partial charge is 0.224 e. The Hall–Kier alpha value is -1.26. The quantitative estimate of drug-likeness (QED) is 0.863. The average Bonchev–Trinajstić information content (AvgIpc) is 2.28. The van der Waals surface area contributed by atoms with E-state index in [4.69, 9.17) is 17.3 Å². The lowest BCUT2D eigenvalue weighted by atomic mass is 10.1. The Balaban J connectivity index is 2.69. The van der Waals surface area contributed by atoms with E-state index < -0.39 is 0 Å². The second-order valence-electron chi connectivity index (χ2n) is 4.65. The van der Waals surface area contributed by atoms with Gasteiger partial charge in [0.05, 0.1) is 10.7 Å². The topological polar surface area (TPSA) is 58.4 Å². The molecule has 18 heavy (non-hydrogen) atoms. The molecule has 0 radical (unpaired) electrons. The Kier molecular flexibility index (Phi) is 5.44. The summed E-state index contributed by atoms with van der Waals surface area (Å²) in [6.45, 7) is 2.45. The van der Waals surface area contributed by atoms with E-state index in [1.807, 2.05) is 38.1 Å². The molecule has 1 aromatic rings. The van der Waals surface area contributed by atoms with E-state index in [0.29, 0.717) is 23.7 Å². The number of rotatable bonds is 5. The van der Waals surface area contributed by atoms with Crippen molar-refractivity contribution >= 4 is 28.9 Å². The maximum atomic E-state index is 11.7. The summed E-state index contributed by atoms with van der Waals surface area (Å²) >= 11 is 6.13. The van der Waals surface area contributed by atoms with E-state index in [1.165, 1.54) is 0 Å². The molecule has 4 nitrogen and oxygen atoms in total. The lowest BCUT2D eigenvalue weighted by Gasteiger charge is -2.15. The molecular formula is C13H20ClN3O. The zero-order chi connectivity index (χ0) is 13.7. The summed E-state index contributed by atoms with van der Waals surface area (Å²) in [4.78, 5) is 13.6. The SMILES string of the molecule is CC(CN)CC(=O)Nc1ccc(N(C)C)c(Cl)c1. The molecule has 0 spiro atoms. The first kappa shape index (κ1) is 14.8. The predicted octanol–water partition coefficient (Wildman–Crippen LogP) is 2.33. The summed E-state index contributed by atoms with van der Waals surface area (Å²) in [5.41, 5.74) is 7.11. The summed E-state index contributed by atoms with van der Waals surface area (Å²) in [6, 6.07) is 5.47. The van der Waals surface area contributed by atoms with Gasteiger partial charge in [0.25, 0.3) is 0 Å². The van der Waals surface area contributed by atoms with Gasteiger partial charge >= 0.3 is 0 Å². The number of hydrogen-bond donors (Lipinski definition) is 2. The van der Waals surface area contributed by atoms with Crippen LogP contribution in [0, 0.1) is 5.92 Å². The number of nitrogens with one attached hydrogen (secondary N) is 1. The van der Waals surface area contributed by atoms with Gasteiger partial charge in [-0.1, -0.05) is 18.5 Å². The third kappa shape index (κ3) is 4.20. The minimum absolute atomic E-state index is 0.0402.